The summed E-state index contributed by atoms with van der Waals surface area (Å²) in [6.07, 6.45) is -1.86. The minimum atomic E-state index is -5.22. The fraction of sp³-hybridized carbons (Fsp3) is 0.556. The van der Waals surface area contributed by atoms with E-state index in [0.29, 0.717) is 0 Å². The van der Waals surface area contributed by atoms with Crippen LogP contribution in [0.3, 0.4) is 0 Å². The Bertz CT molecular complexity index is 590. The second kappa shape index (κ2) is 7.76. The molecule has 3 unspecified atom stereocenters. The van der Waals surface area contributed by atoms with E-state index in [-0.39, 0.29) is 24.5 Å². The number of phosphoric ester groups is 1. The van der Waals surface area contributed by atoms with E-state index in [1.807, 2.05) is 0 Å². The van der Waals surface area contributed by atoms with Gasteiger partial charge in [0.15, 0.2) is 0 Å². The summed E-state index contributed by atoms with van der Waals surface area (Å²) in [5.74, 6) is 0.0272. The molecule has 0 bridgehead atoms. The van der Waals surface area contributed by atoms with Crippen molar-refractivity contribution >= 4 is 13.6 Å². The van der Waals surface area contributed by atoms with Crippen LogP contribution in [0.5, 0.6) is 0 Å². The smallest absolute Gasteiger partial charge is 0.351 e. The van der Waals surface area contributed by atoms with Crippen molar-refractivity contribution in [2.24, 2.45) is 0 Å². The van der Waals surface area contributed by atoms with Gasteiger partial charge in [-0.3, -0.25) is 4.57 Å². The minimum absolute atomic E-state index is 0. The lowest BCUT2D eigenvalue weighted by Crippen LogP contribution is -2.31. The SMILES string of the molecule is Nc1ccn(C2CC(OP(=O)([O-])[O-])C(CO)O2)c(=O)n1.[NH4+].[NH4+]. The van der Waals surface area contributed by atoms with E-state index in [4.69, 9.17) is 15.6 Å². The first kappa shape index (κ1) is 20.6. The molecule has 1 saturated heterocycles. The van der Waals surface area contributed by atoms with E-state index in [1.54, 1.807) is 0 Å². The molecule has 0 spiro atoms. The van der Waals surface area contributed by atoms with Gasteiger partial charge in [0.1, 0.15) is 18.1 Å². The topological polar surface area (TPSA) is 236 Å². The molecule has 128 valence electrons. The number of nitrogens with zero attached hydrogens (tertiary/aromatic N) is 2. The Morgan fingerprint density at radius 2 is 2.18 bits per heavy atom. The second-order valence-corrected chi connectivity index (χ2v) is 5.29. The molecule has 0 aromatic carbocycles. The summed E-state index contributed by atoms with van der Waals surface area (Å²) in [5.41, 5.74) is 4.65. The molecule has 11 N–H and O–H groups in total. The van der Waals surface area contributed by atoms with Gasteiger partial charge in [-0.15, -0.1) is 0 Å². The van der Waals surface area contributed by atoms with Crippen molar-refractivity contribution in [3.8, 4) is 0 Å². The van der Waals surface area contributed by atoms with Crippen LogP contribution in [-0.4, -0.2) is 33.5 Å². The number of nitrogens with two attached hydrogens (primary N) is 1. The van der Waals surface area contributed by atoms with Crippen molar-refractivity contribution in [2.75, 3.05) is 12.3 Å². The molecule has 0 saturated carbocycles. The van der Waals surface area contributed by atoms with Crippen LogP contribution in [0.1, 0.15) is 12.6 Å². The lowest BCUT2D eigenvalue weighted by atomic mass is 10.2. The van der Waals surface area contributed by atoms with Crippen molar-refractivity contribution in [1.29, 1.82) is 0 Å². The molecule has 1 aliphatic rings. The Morgan fingerprint density at radius 1 is 1.55 bits per heavy atom. The van der Waals surface area contributed by atoms with E-state index < -0.39 is 38.6 Å². The highest BCUT2D eigenvalue weighted by Gasteiger charge is 2.37. The standard InChI is InChI=1S/C9H14N3O7P.2H3N/c10-7-1-2-12(9(14)11-7)8-3-5(6(4-13)18-8)19-20(15,16)17;;/h1-2,5-6,8,13H,3-4H2,(H2,10,11,14)(H2,15,16,17);2*1H3. The number of aromatic nitrogens is 2. The lowest BCUT2D eigenvalue weighted by molar-refractivity contribution is -0.345. The lowest BCUT2D eigenvalue weighted by Gasteiger charge is -2.32. The Kier molecular flexibility index (Phi) is 7.28. The third kappa shape index (κ3) is 4.83. The highest BCUT2D eigenvalue weighted by molar-refractivity contribution is 7.43. The fourth-order valence-electron chi connectivity index (χ4n) is 1.96. The van der Waals surface area contributed by atoms with Crippen molar-refractivity contribution < 1.29 is 28.7 Å². The van der Waals surface area contributed by atoms with E-state index in [9.17, 15) is 19.1 Å². The number of aliphatic hydroxyl groups excluding tert-OH is 1. The number of anilines is 1. The number of quaternary nitrogens is 2. The first-order chi connectivity index (χ1) is 9.30. The summed E-state index contributed by atoms with van der Waals surface area (Å²) in [6.45, 7) is -0.557. The summed E-state index contributed by atoms with van der Waals surface area (Å²) in [4.78, 5) is 36.4. The maximum atomic E-state index is 11.6. The van der Waals surface area contributed by atoms with Gasteiger partial charge in [-0.1, -0.05) is 0 Å². The third-order valence-corrected chi connectivity index (χ3v) is 3.32. The van der Waals surface area contributed by atoms with Crippen molar-refractivity contribution in [3.05, 3.63) is 22.7 Å². The normalized spacial score (nSPS) is 24.4. The fourth-order valence-corrected chi connectivity index (χ4v) is 2.51. The van der Waals surface area contributed by atoms with Gasteiger partial charge in [-0.2, -0.15) is 4.98 Å². The largest absolute Gasteiger partial charge is 0.790 e. The minimum Gasteiger partial charge on any atom is -0.790 e. The zero-order valence-corrected chi connectivity index (χ0v) is 13.0. The first-order valence-corrected chi connectivity index (χ1v) is 7.07. The van der Waals surface area contributed by atoms with Gasteiger partial charge in [0, 0.05) is 12.6 Å². The third-order valence-electron chi connectivity index (χ3n) is 2.79. The quantitative estimate of drug-likeness (QED) is 0.445. The molecule has 2 heterocycles. The number of ether oxygens (including phenoxy) is 1. The van der Waals surface area contributed by atoms with Gasteiger partial charge in [-0.05, 0) is 6.07 Å². The van der Waals surface area contributed by atoms with Crippen molar-refractivity contribution in [1.82, 2.24) is 21.9 Å². The molecule has 1 fully saturated rings. The molecule has 12 nitrogen and oxygen atoms in total. The van der Waals surface area contributed by atoms with Crippen LogP contribution in [0.25, 0.3) is 0 Å². The zero-order chi connectivity index (χ0) is 14.9. The molecular formula is C9H20N5O7P. The molecule has 22 heavy (non-hydrogen) atoms. The van der Waals surface area contributed by atoms with Gasteiger partial charge >= 0.3 is 5.69 Å². The number of rotatable bonds is 4. The summed E-state index contributed by atoms with van der Waals surface area (Å²) in [6, 6.07) is 1.36. The maximum absolute atomic E-state index is 11.6. The number of aliphatic hydroxyl groups is 1. The molecule has 0 aliphatic carbocycles. The van der Waals surface area contributed by atoms with Crippen LogP contribution >= 0.6 is 7.82 Å². The molecule has 1 aromatic heterocycles. The second-order valence-electron chi connectivity index (χ2n) is 4.18. The molecule has 13 heteroatoms. The summed E-state index contributed by atoms with van der Waals surface area (Å²) < 4.78 is 21.3. The molecule has 1 aromatic rings. The van der Waals surface area contributed by atoms with E-state index in [2.05, 4.69) is 9.51 Å². The number of phosphoric acid groups is 1. The molecule has 2 rings (SSSR count). The first-order valence-electron chi connectivity index (χ1n) is 5.61. The van der Waals surface area contributed by atoms with E-state index in [0.717, 1.165) is 4.57 Å². The van der Waals surface area contributed by atoms with E-state index in [1.165, 1.54) is 12.3 Å². The van der Waals surface area contributed by atoms with Gasteiger partial charge in [0.05, 0.1) is 20.5 Å². The van der Waals surface area contributed by atoms with Crippen molar-refractivity contribution in [3.63, 3.8) is 0 Å². The zero-order valence-electron chi connectivity index (χ0n) is 12.1. The molecular weight excluding hydrogens is 321 g/mol. The van der Waals surface area contributed by atoms with Crippen LogP contribution in [0.4, 0.5) is 5.82 Å². The van der Waals surface area contributed by atoms with Crippen LogP contribution in [-0.2, 0) is 13.8 Å². The van der Waals surface area contributed by atoms with Gasteiger partial charge < -0.3 is 46.8 Å². The van der Waals surface area contributed by atoms with Crippen LogP contribution in [0, 0.1) is 0 Å². The number of hydrogen-bond acceptors (Lipinski definition) is 9. The molecule has 3 atom stereocenters. The summed E-state index contributed by atoms with van der Waals surface area (Å²) in [5, 5.41) is 9.09. The van der Waals surface area contributed by atoms with Gasteiger partial charge in [0.2, 0.25) is 0 Å². The highest BCUT2D eigenvalue weighted by Crippen LogP contribution is 2.37. The Morgan fingerprint density at radius 3 is 2.68 bits per heavy atom. The number of nitrogen functional groups attached to an aromatic ring is 1. The average Bonchev–Trinajstić information content (AvgIpc) is 2.69. The summed E-state index contributed by atoms with van der Waals surface area (Å²) in [7, 11) is -5.22. The molecule has 0 amide bonds. The number of hydrogen-bond donors (Lipinski definition) is 4. The van der Waals surface area contributed by atoms with Crippen LogP contribution in [0.15, 0.2) is 17.1 Å². The monoisotopic (exact) mass is 341 g/mol. The van der Waals surface area contributed by atoms with Crippen LogP contribution < -0.4 is 33.5 Å². The predicted octanol–water partition coefficient (Wildman–Crippen LogP) is -1.93. The Labute approximate surface area is 125 Å². The maximum Gasteiger partial charge on any atom is 0.351 e. The van der Waals surface area contributed by atoms with Gasteiger partial charge in [0.25, 0.3) is 0 Å². The Balaban J connectivity index is 0.00000220. The van der Waals surface area contributed by atoms with Crippen molar-refractivity contribution in [2.45, 2.75) is 24.9 Å². The molecule has 1 aliphatic heterocycles. The van der Waals surface area contributed by atoms with Crippen LogP contribution in [0.2, 0.25) is 0 Å². The van der Waals surface area contributed by atoms with Gasteiger partial charge in [-0.25, -0.2) is 4.79 Å². The molecule has 0 radical (unpaired) electrons. The highest BCUT2D eigenvalue weighted by atomic mass is 31.2. The summed E-state index contributed by atoms with van der Waals surface area (Å²) >= 11 is 0. The van der Waals surface area contributed by atoms with E-state index >= 15 is 0 Å². The predicted molar refractivity (Wildman–Crippen MR) is 73.0 cm³/mol. The average molecular weight is 341 g/mol. The Hall–Kier alpha value is -1.37.